The van der Waals surface area contributed by atoms with E-state index in [9.17, 15) is 0 Å². The topological polar surface area (TPSA) is 15.3 Å². The van der Waals surface area contributed by atoms with Crippen molar-refractivity contribution in [3.8, 4) is 0 Å². The van der Waals surface area contributed by atoms with Crippen LogP contribution in [0, 0.1) is 11.3 Å². The van der Waals surface area contributed by atoms with Crippen molar-refractivity contribution in [1.29, 1.82) is 0 Å². The molecule has 1 saturated carbocycles. The maximum Gasteiger partial charge on any atom is 0.00385 e. The molecule has 2 aliphatic heterocycles. The molecule has 0 unspecified atom stereocenters. The molecule has 2 heteroatoms. The second-order valence-corrected chi connectivity index (χ2v) is 7.07. The Morgan fingerprint density at radius 2 is 1.78 bits per heavy atom. The molecule has 0 atom stereocenters. The standard InChI is InChI=1S/C16H30N2/c1-2-7-16(8-3-1)9-13-18(14-16)12-6-15-4-10-17-11-5-15/h15,17H,1-14H2. The summed E-state index contributed by atoms with van der Waals surface area (Å²) in [5, 5.41) is 3.48. The third-order valence-electron chi connectivity index (χ3n) is 5.74. The normalized spacial score (nSPS) is 30.0. The molecule has 2 saturated heterocycles. The van der Waals surface area contributed by atoms with Crippen LogP contribution >= 0.6 is 0 Å². The first-order chi connectivity index (χ1) is 8.86. The molecule has 2 nitrogen and oxygen atoms in total. The van der Waals surface area contributed by atoms with E-state index in [1.807, 2.05) is 0 Å². The van der Waals surface area contributed by atoms with E-state index in [0.29, 0.717) is 0 Å². The van der Waals surface area contributed by atoms with Crippen molar-refractivity contribution in [3.63, 3.8) is 0 Å². The molecule has 1 N–H and O–H groups in total. The smallest absolute Gasteiger partial charge is 0.00385 e. The summed E-state index contributed by atoms with van der Waals surface area (Å²) in [5.74, 6) is 1.01. The number of hydrogen-bond donors (Lipinski definition) is 1. The van der Waals surface area contributed by atoms with E-state index in [1.165, 1.54) is 90.5 Å². The van der Waals surface area contributed by atoms with Crippen LogP contribution in [0.15, 0.2) is 0 Å². The Hall–Kier alpha value is -0.0800. The van der Waals surface area contributed by atoms with E-state index in [1.54, 1.807) is 0 Å². The number of nitrogens with one attached hydrogen (secondary N) is 1. The highest BCUT2D eigenvalue weighted by atomic mass is 15.2. The largest absolute Gasteiger partial charge is 0.317 e. The van der Waals surface area contributed by atoms with Gasteiger partial charge in [0.15, 0.2) is 0 Å². The van der Waals surface area contributed by atoms with Crippen LogP contribution in [0.1, 0.15) is 57.8 Å². The molecule has 0 radical (unpaired) electrons. The van der Waals surface area contributed by atoms with E-state index in [4.69, 9.17) is 0 Å². The van der Waals surface area contributed by atoms with Crippen molar-refractivity contribution < 1.29 is 0 Å². The molecule has 104 valence electrons. The van der Waals surface area contributed by atoms with Crippen LogP contribution in [0.5, 0.6) is 0 Å². The molecule has 1 aliphatic carbocycles. The van der Waals surface area contributed by atoms with E-state index >= 15 is 0 Å². The van der Waals surface area contributed by atoms with Gasteiger partial charge in [0.25, 0.3) is 0 Å². The maximum absolute atomic E-state index is 3.48. The molecule has 3 fully saturated rings. The van der Waals surface area contributed by atoms with E-state index in [0.717, 1.165) is 11.3 Å². The molecule has 2 heterocycles. The molecule has 3 aliphatic rings. The Morgan fingerprint density at radius 1 is 1.00 bits per heavy atom. The number of hydrogen-bond acceptors (Lipinski definition) is 2. The lowest BCUT2D eigenvalue weighted by Gasteiger charge is -2.33. The summed E-state index contributed by atoms with van der Waals surface area (Å²) in [6.07, 6.45) is 13.3. The molecular formula is C16H30N2. The fraction of sp³-hybridized carbons (Fsp3) is 1.00. The third kappa shape index (κ3) is 3.08. The molecule has 0 aromatic carbocycles. The van der Waals surface area contributed by atoms with Crippen molar-refractivity contribution >= 4 is 0 Å². The fourth-order valence-electron chi connectivity index (χ4n) is 4.46. The van der Waals surface area contributed by atoms with Crippen LogP contribution < -0.4 is 5.32 Å². The summed E-state index contributed by atoms with van der Waals surface area (Å²) in [6.45, 7) is 6.72. The summed E-state index contributed by atoms with van der Waals surface area (Å²) >= 11 is 0. The lowest BCUT2D eigenvalue weighted by molar-refractivity contribution is 0.179. The highest BCUT2D eigenvalue weighted by Gasteiger charge is 2.38. The minimum Gasteiger partial charge on any atom is -0.317 e. The maximum atomic E-state index is 3.48. The van der Waals surface area contributed by atoms with Gasteiger partial charge >= 0.3 is 0 Å². The van der Waals surface area contributed by atoms with E-state index in [-0.39, 0.29) is 0 Å². The molecular weight excluding hydrogens is 220 g/mol. The van der Waals surface area contributed by atoms with Gasteiger partial charge in [-0.1, -0.05) is 19.3 Å². The Kier molecular flexibility index (Phi) is 4.25. The van der Waals surface area contributed by atoms with Crippen molar-refractivity contribution in [3.05, 3.63) is 0 Å². The highest BCUT2D eigenvalue weighted by molar-refractivity contribution is 4.91. The first kappa shape index (κ1) is 12.9. The molecule has 0 amide bonds. The van der Waals surface area contributed by atoms with Crippen LogP contribution in [0.3, 0.4) is 0 Å². The van der Waals surface area contributed by atoms with Gasteiger partial charge in [0.1, 0.15) is 0 Å². The zero-order valence-corrected chi connectivity index (χ0v) is 11.9. The average molecular weight is 250 g/mol. The molecule has 0 aromatic rings. The van der Waals surface area contributed by atoms with Gasteiger partial charge in [-0.2, -0.15) is 0 Å². The highest BCUT2D eigenvalue weighted by Crippen LogP contribution is 2.43. The third-order valence-corrected chi connectivity index (χ3v) is 5.74. The second-order valence-electron chi connectivity index (χ2n) is 7.07. The number of nitrogens with zero attached hydrogens (tertiary/aromatic N) is 1. The quantitative estimate of drug-likeness (QED) is 0.828. The summed E-state index contributed by atoms with van der Waals surface area (Å²) in [5.41, 5.74) is 0.756. The second kappa shape index (κ2) is 5.92. The Bertz CT molecular complexity index is 252. The Balaban J connectivity index is 1.41. The minimum atomic E-state index is 0.756. The predicted molar refractivity (Wildman–Crippen MR) is 76.8 cm³/mol. The van der Waals surface area contributed by atoms with Crippen LogP contribution in [0.25, 0.3) is 0 Å². The lowest BCUT2D eigenvalue weighted by Crippen LogP contribution is -2.32. The number of piperidine rings is 1. The fourth-order valence-corrected chi connectivity index (χ4v) is 4.46. The van der Waals surface area contributed by atoms with Gasteiger partial charge in [0, 0.05) is 6.54 Å². The average Bonchev–Trinajstić information content (AvgIpc) is 2.82. The first-order valence-corrected chi connectivity index (χ1v) is 8.29. The molecule has 18 heavy (non-hydrogen) atoms. The van der Waals surface area contributed by atoms with Crippen LogP contribution in [0.4, 0.5) is 0 Å². The summed E-state index contributed by atoms with van der Waals surface area (Å²) in [7, 11) is 0. The molecule has 0 bridgehead atoms. The Labute approximate surface area is 113 Å². The molecule has 3 rings (SSSR count). The predicted octanol–water partition coefficient (Wildman–Crippen LogP) is 3.03. The SMILES string of the molecule is C1CCC2(CC1)CCN(CCC1CCNCC1)C2. The minimum absolute atomic E-state index is 0.756. The van der Waals surface area contributed by atoms with Gasteiger partial charge in [0.05, 0.1) is 0 Å². The number of rotatable bonds is 3. The lowest BCUT2D eigenvalue weighted by atomic mass is 9.73. The van der Waals surface area contributed by atoms with Crippen molar-refractivity contribution in [2.45, 2.75) is 57.8 Å². The van der Waals surface area contributed by atoms with Gasteiger partial charge in [-0.25, -0.2) is 0 Å². The van der Waals surface area contributed by atoms with Crippen molar-refractivity contribution in [1.82, 2.24) is 10.2 Å². The van der Waals surface area contributed by atoms with Crippen molar-refractivity contribution in [2.24, 2.45) is 11.3 Å². The van der Waals surface area contributed by atoms with Gasteiger partial charge in [-0.05, 0) is 76.0 Å². The van der Waals surface area contributed by atoms with Gasteiger partial charge < -0.3 is 10.2 Å². The molecule has 1 spiro atoms. The van der Waals surface area contributed by atoms with E-state index in [2.05, 4.69) is 10.2 Å². The zero-order valence-electron chi connectivity index (χ0n) is 11.9. The summed E-state index contributed by atoms with van der Waals surface area (Å²) in [6, 6.07) is 0. The monoisotopic (exact) mass is 250 g/mol. The van der Waals surface area contributed by atoms with Gasteiger partial charge in [-0.15, -0.1) is 0 Å². The van der Waals surface area contributed by atoms with E-state index < -0.39 is 0 Å². The van der Waals surface area contributed by atoms with Crippen LogP contribution in [-0.2, 0) is 0 Å². The summed E-state index contributed by atoms with van der Waals surface area (Å²) in [4.78, 5) is 2.79. The van der Waals surface area contributed by atoms with Crippen molar-refractivity contribution in [2.75, 3.05) is 32.7 Å². The van der Waals surface area contributed by atoms with Crippen LogP contribution in [-0.4, -0.2) is 37.6 Å². The Morgan fingerprint density at radius 3 is 2.56 bits per heavy atom. The number of likely N-dealkylation sites (tertiary alicyclic amines) is 1. The van der Waals surface area contributed by atoms with Gasteiger partial charge in [0.2, 0.25) is 0 Å². The first-order valence-electron chi connectivity index (χ1n) is 8.29. The summed E-state index contributed by atoms with van der Waals surface area (Å²) < 4.78 is 0. The van der Waals surface area contributed by atoms with Gasteiger partial charge in [-0.3, -0.25) is 0 Å². The zero-order chi connectivity index (χ0) is 12.3. The van der Waals surface area contributed by atoms with Crippen LogP contribution in [0.2, 0.25) is 0 Å². The molecule has 0 aromatic heterocycles.